The van der Waals surface area contributed by atoms with Gasteiger partial charge < -0.3 is 10.3 Å². The molecule has 2 N–H and O–H groups in total. The summed E-state index contributed by atoms with van der Waals surface area (Å²) in [4.78, 5) is 12.2. The molecule has 27 heavy (non-hydrogen) atoms. The fourth-order valence-electron chi connectivity index (χ4n) is 3.53. The number of carbonyl (C=O) groups is 1. The number of sulfone groups is 1. The molecule has 4 rings (SSSR count). The predicted molar refractivity (Wildman–Crippen MR) is 107 cm³/mol. The van der Waals surface area contributed by atoms with E-state index in [1.165, 1.54) is 6.26 Å². The van der Waals surface area contributed by atoms with Crippen LogP contribution < -0.4 is 5.73 Å². The largest absolute Gasteiger partial charge is 0.366 e. The Bertz CT molecular complexity index is 1300. The average Bonchev–Trinajstić information content (AvgIpc) is 2.95. The first-order chi connectivity index (χ1) is 12.9. The molecular weight excluding hydrogens is 360 g/mol. The van der Waals surface area contributed by atoms with E-state index in [0.29, 0.717) is 17.0 Å². The molecule has 0 unspecified atom stereocenters. The molecule has 0 saturated heterocycles. The summed E-state index contributed by atoms with van der Waals surface area (Å²) in [6.45, 7) is 0.482. The first-order valence-electron chi connectivity index (χ1n) is 8.45. The Labute approximate surface area is 156 Å². The van der Waals surface area contributed by atoms with Gasteiger partial charge in [0.1, 0.15) is 0 Å². The summed E-state index contributed by atoms with van der Waals surface area (Å²) in [5, 5.41) is 1.76. The molecule has 6 heteroatoms. The maximum atomic E-state index is 11.9. The molecule has 3 aromatic carbocycles. The second-order valence-corrected chi connectivity index (χ2v) is 8.60. The van der Waals surface area contributed by atoms with Crippen molar-refractivity contribution in [3.63, 3.8) is 0 Å². The zero-order chi connectivity index (χ0) is 19.2. The van der Waals surface area contributed by atoms with Crippen LogP contribution in [0.25, 0.3) is 21.8 Å². The van der Waals surface area contributed by atoms with E-state index in [0.717, 1.165) is 27.4 Å². The Hall–Kier alpha value is -3.12. The van der Waals surface area contributed by atoms with Crippen LogP contribution in [0.5, 0.6) is 0 Å². The molecule has 0 saturated carbocycles. The summed E-state index contributed by atoms with van der Waals surface area (Å²) < 4.78 is 25.8. The highest BCUT2D eigenvalue weighted by atomic mass is 32.2. The van der Waals surface area contributed by atoms with Crippen molar-refractivity contribution in [2.75, 3.05) is 6.26 Å². The van der Waals surface area contributed by atoms with Crippen molar-refractivity contribution in [1.29, 1.82) is 0 Å². The van der Waals surface area contributed by atoms with Crippen LogP contribution >= 0.6 is 0 Å². The Morgan fingerprint density at radius 2 is 1.67 bits per heavy atom. The fraction of sp³-hybridized carbons (Fsp3) is 0.0952. The highest BCUT2D eigenvalue weighted by molar-refractivity contribution is 7.90. The van der Waals surface area contributed by atoms with Crippen LogP contribution in [-0.2, 0) is 16.4 Å². The van der Waals surface area contributed by atoms with Gasteiger partial charge in [-0.1, -0.05) is 36.4 Å². The number of hydrogen-bond acceptors (Lipinski definition) is 3. The number of nitrogens with two attached hydrogens (primary N) is 1. The first-order valence-corrected chi connectivity index (χ1v) is 10.3. The van der Waals surface area contributed by atoms with Gasteiger partial charge in [0.05, 0.1) is 10.4 Å². The van der Waals surface area contributed by atoms with Crippen molar-refractivity contribution in [1.82, 2.24) is 4.57 Å². The molecule has 4 aromatic rings. The Kier molecular flexibility index (Phi) is 4.00. The van der Waals surface area contributed by atoms with Crippen LogP contribution in [0.3, 0.4) is 0 Å². The minimum atomic E-state index is -3.28. The molecule has 0 atom stereocenters. The number of nitrogens with zero attached hydrogens (tertiary/aromatic N) is 1. The van der Waals surface area contributed by atoms with E-state index in [1.807, 2.05) is 42.5 Å². The topological polar surface area (TPSA) is 82.2 Å². The van der Waals surface area contributed by atoms with Crippen molar-refractivity contribution < 1.29 is 13.2 Å². The van der Waals surface area contributed by atoms with Crippen LogP contribution in [0, 0.1) is 0 Å². The minimum absolute atomic E-state index is 0.290. The molecule has 0 aliphatic rings. The Balaban J connectivity index is 1.97. The van der Waals surface area contributed by atoms with Gasteiger partial charge in [-0.3, -0.25) is 4.79 Å². The lowest BCUT2D eigenvalue weighted by Crippen LogP contribution is -2.11. The summed E-state index contributed by atoms with van der Waals surface area (Å²) in [6.07, 6.45) is 1.20. The minimum Gasteiger partial charge on any atom is -0.366 e. The smallest absolute Gasteiger partial charge is 0.249 e. The SMILES string of the molecule is CS(=O)(=O)c1cccc(Cn2c3ccccc3c3c(C(N)=O)cccc32)c1. The van der Waals surface area contributed by atoms with Gasteiger partial charge >= 0.3 is 0 Å². The van der Waals surface area contributed by atoms with Crippen LogP contribution in [-0.4, -0.2) is 25.1 Å². The third-order valence-electron chi connectivity index (χ3n) is 4.73. The fourth-order valence-corrected chi connectivity index (χ4v) is 4.22. The van der Waals surface area contributed by atoms with Crippen LogP contribution in [0.15, 0.2) is 71.6 Å². The number of para-hydroxylation sites is 1. The highest BCUT2D eigenvalue weighted by Crippen LogP contribution is 2.32. The summed E-state index contributed by atoms with van der Waals surface area (Å²) in [7, 11) is -3.28. The van der Waals surface area contributed by atoms with E-state index in [4.69, 9.17) is 5.73 Å². The van der Waals surface area contributed by atoms with E-state index in [9.17, 15) is 13.2 Å². The summed E-state index contributed by atoms with van der Waals surface area (Å²) >= 11 is 0. The maximum absolute atomic E-state index is 11.9. The van der Waals surface area contributed by atoms with Gasteiger partial charge in [0.25, 0.3) is 0 Å². The number of fused-ring (bicyclic) bond motifs is 3. The number of primary amides is 1. The van der Waals surface area contributed by atoms with Crippen molar-refractivity contribution in [2.45, 2.75) is 11.4 Å². The molecule has 1 amide bonds. The van der Waals surface area contributed by atoms with E-state index in [-0.39, 0.29) is 0 Å². The van der Waals surface area contributed by atoms with Gasteiger partial charge in [0, 0.05) is 34.7 Å². The van der Waals surface area contributed by atoms with Gasteiger partial charge in [-0.05, 0) is 35.9 Å². The second kappa shape index (κ2) is 6.25. The maximum Gasteiger partial charge on any atom is 0.249 e. The second-order valence-electron chi connectivity index (χ2n) is 6.59. The molecule has 0 radical (unpaired) electrons. The standard InChI is InChI=1S/C21H18N2O3S/c1-27(25,26)15-7-4-6-14(12-15)13-23-18-10-3-2-8-16(18)20-17(21(22)24)9-5-11-19(20)23/h2-12H,13H2,1H3,(H2,22,24). The van der Waals surface area contributed by atoms with Gasteiger partial charge in [-0.15, -0.1) is 0 Å². The number of aromatic nitrogens is 1. The first kappa shape index (κ1) is 17.3. The Morgan fingerprint density at radius 1 is 0.963 bits per heavy atom. The van der Waals surface area contributed by atoms with Crippen molar-refractivity contribution >= 4 is 37.6 Å². The van der Waals surface area contributed by atoms with Crippen molar-refractivity contribution in [3.8, 4) is 0 Å². The predicted octanol–water partition coefficient (Wildman–Crippen LogP) is 3.35. The highest BCUT2D eigenvalue weighted by Gasteiger charge is 2.16. The molecule has 5 nitrogen and oxygen atoms in total. The molecular formula is C21H18N2O3S. The number of hydrogen-bond donors (Lipinski definition) is 1. The normalized spacial score (nSPS) is 11.9. The number of benzene rings is 3. The number of amides is 1. The molecule has 0 aliphatic heterocycles. The molecule has 0 fully saturated rings. The summed E-state index contributed by atoms with van der Waals surface area (Å²) in [5.74, 6) is -0.470. The number of rotatable bonds is 4. The van der Waals surface area contributed by atoms with Gasteiger partial charge in [0.2, 0.25) is 5.91 Å². The van der Waals surface area contributed by atoms with Gasteiger partial charge in [0.15, 0.2) is 9.84 Å². The zero-order valence-electron chi connectivity index (χ0n) is 14.7. The lowest BCUT2D eigenvalue weighted by Gasteiger charge is -2.09. The number of carbonyl (C=O) groups excluding carboxylic acids is 1. The van der Waals surface area contributed by atoms with Crippen molar-refractivity contribution in [2.24, 2.45) is 5.73 Å². The van der Waals surface area contributed by atoms with Crippen LogP contribution in [0.4, 0.5) is 0 Å². The lowest BCUT2D eigenvalue weighted by molar-refractivity contribution is 0.100. The summed E-state index contributed by atoms with van der Waals surface area (Å²) in [6, 6.07) is 20.2. The van der Waals surface area contributed by atoms with E-state index in [2.05, 4.69) is 4.57 Å². The lowest BCUT2D eigenvalue weighted by atomic mass is 10.1. The molecule has 0 aliphatic carbocycles. The zero-order valence-corrected chi connectivity index (χ0v) is 15.5. The summed E-state index contributed by atoms with van der Waals surface area (Å²) in [5.41, 5.74) is 8.78. The van der Waals surface area contributed by atoms with E-state index >= 15 is 0 Å². The third kappa shape index (κ3) is 2.98. The van der Waals surface area contributed by atoms with E-state index in [1.54, 1.807) is 24.3 Å². The molecule has 0 spiro atoms. The molecule has 136 valence electrons. The van der Waals surface area contributed by atoms with Crippen molar-refractivity contribution in [3.05, 3.63) is 77.9 Å². The molecule has 1 aromatic heterocycles. The third-order valence-corrected chi connectivity index (χ3v) is 5.84. The average molecular weight is 378 g/mol. The Morgan fingerprint density at radius 3 is 2.41 bits per heavy atom. The van der Waals surface area contributed by atoms with Crippen LogP contribution in [0.2, 0.25) is 0 Å². The van der Waals surface area contributed by atoms with Gasteiger partial charge in [-0.25, -0.2) is 8.42 Å². The molecule has 0 bridgehead atoms. The molecule has 1 heterocycles. The quantitative estimate of drug-likeness (QED) is 0.591. The van der Waals surface area contributed by atoms with Crippen LogP contribution in [0.1, 0.15) is 15.9 Å². The monoisotopic (exact) mass is 378 g/mol. The van der Waals surface area contributed by atoms with Gasteiger partial charge in [-0.2, -0.15) is 0 Å². The van der Waals surface area contributed by atoms with E-state index < -0.39 is 15.7 Å².